The Kier molecular flexibility index (Phi) is 3.68. The third-order valence-corrected chi connectivity index (χ3v) is 4.43. The molecule has 5 heteroatoms. The van der Waals surface area contributed by atoms with Crippen LogP contribution in [0, 0.1) is 5.82 Å². The van der Waals surface area contributed by atoms with Crippen LogP contribution in [-0.4, -0.2) is 17.4 Å². The summed E-state index contributed by atoms with van der Waals surface area (Å²) in [5.74, 6) is -0.824. The van der Waals surface area contributed by atoms with Gasteiger partial charge in [0.05, 0.1) is 5.56 Å². The van der Waals surface area contributed by atoms with Gasteiger partial charge in [0.25, 0.3) is 5.91 Å². The van der Waals surface area contributed by atoms with E-state index in [-0.39, 0.29) is 11.5 Å². The largest absolute Gasteiger partial charge is 0.398 e. The standard InChI is InChI=1S/C16H14BrFN2O/c17-12-4-2-5-13(18)15(12)16(21)20-8-7-10-3-1-6-14(19)11(10)9-20/h1-6H,7-9,19H2. The van der Waals surface area contributed by atoms with E-state index in [0.717, 1.165) is 17.5 Å². The van der Waals surface area contributed by atoms with Crippen molar-refractivity contribution in [3.63, 3.8) is 0 Å². The molecule has 108 valence electrons. The van der Waals surface area contributed by atoms with Gasteiger partial charge in [0.2, 0.25) is 0 Å². The Morgan fingerprint density at radius 1 is 1.24 bits per heavy atom. The van der Waals surface area contributed by atoms with Crippen LogP contribution >= 0.6 is 15.9 Å². The van der Waals surface area contributed by atoms with Gasteiger partial charge in [0.15, 0.2) is 0 Å². The SMILES string of the molecule is Nc1cccc2c1CN(C(=O)c1c(F)cccc1Br)CC2. The highest BCUT2D eigenvalue weighted by molar-refractivity contribution is 9.10. The fourth-order valence-electron chi connectivity index (χ4n) is 2.64. The van der Waals surface area contributed by atoms with Gasteiger partial charge in [-0.3, -0.25) is 4.79 Å². The average molecular weight is 349 g/mol. The number of benzene rings is 2. The zero-order chi connectivity index (χ0) is 15.0. The molecule has 0 saturated heterocycles. The number of amides is 1. The molecule has 0 aromatic heterocycles. The van der Waals surface area contributed by atoms with Crippen molar-refractivity contribution < 1.29 is 9.18 Å². The van der Waals surface area contributed by atoms with Crippen molar-refractivity contribution in [3.05, 3.63) is 63.4 Å². The summed E-state index contributed by atoms with van der Waals surface area (Å²) >= 11 is 3.25. The number of rotatable bonds is 1. The lowest BCUT2D eigenvalue weighted by Crippen LogP contribution is -2.37. The summed E-state index contributed by atoms with van der Waals surface area (Å²) in [6.07, 6.45) is 0.734. The maximum atomic E-state index is 13.9. The van der Waals surface area contributed by atoms with Crippen molar-refractivity contribution in [2.75, 3.05) is 12.3 Å². The van der Waals surface area contributed by atoms with E-state index in [9.17, 15) is 9.18 Å². The zero-order valence-electron chi connectivity index (χ0n) is 11.3. The number of nitrogens with two attached hydrogens (primary N) is 1. The molecule has 1 amide bonds. The molecule has 3 rings (SSSR count). The van der Waals surface area contributed by atoms with E-state index in [0.29, 0.717) is 23.2 Å². The van der Waals surface area contributed by atoms with Crippen molar-refractivity contribution in [1.29, 1.82) is 0 Å². The van der Waals surface area contributed by atoms with Crippen molar-refractivity contribution >= 4 is 27.5 Å². The van der Waals surface area contributed by atoms with E-state index < -0.39 is 5.82 Å². The van der Waals surface area contributed by atoms with Gasteiger partial charge in [-0.1, -0.05) is 18.2 Å². The molecule has 0 atom stereocenters. The molecule has 0 radical (unpaired) electrons. The Balaban J connectivity index is 1.93. The van der Waals surface area contributed by atoms with Crippen LogP contribution in [0.2, 0.25) is 0 Å². The minimum atomic E-state index is -0.513. The maximum absolute atomic E-state index is 13.9. The lowest BCUT2D eigenvalue weighted by atomic mass is 9.97. The van der Waals surface area contributed by atoms with Gasteiger partial charge in [0.1, 0.15) is 5.82 Å². The summed E-state index contributed by atoms with van der Waals surface area (Å²) < 4.78 is 14.4. The summed E-state index contributed by atoms with van der Waals surface area (Å²) in [5.41, 5.74) is 8.86. The fourth-order valence-corrected chi connectivity index (χ4v) is 3.15. The number of hydrogen-bond acceptors (Lipinski definition) is 2. The van der Waals surface area contributed by atoms with Gasteiger partial charge in [0, 0.05) is 23.2 Å². The molecule has 1 aliphatic heterocycles. The number of halogens is 2. The van der Waals surface area contributed by atoms with Crippen LogP contribution in [0.3, 0.4) is 0 Å². The molecule has 1 aliphatic rings. The first-order valence-corrected chi connectivity index (χ1v) is 7.46. The van der Waals surface area contributed by atoms with Crippen LogP contribution in [0.5, 0.6) is 0 Å². The lowest BCUT2D eigenvalue weighted by molar-refractivity contribution is 0.0729. The third kappa shape index (κ3) is 2.53. The van der Waals surface area contributed by atoms with Gasteiger partial charge >= 0.3 is 0 Å². The van der Waals surface area contributed by atoms with Crippen LogP contribution in [0.1, 0.15) is 21.5 Å². The second-order valence-corrected chi connectivity index (χ2v) is 5.91. The van der Waals surface area contributed by atoms with Crippen molar-refractivity contribution in [1.82, 2.24) is 4.90 Å². The molecule has 2 N–H and O–H groups in total. The molecule has 0 bridgehead atoms. The minimum Gasteiger partial charge on any atom is -0.398 e. The van der Waals surface area contributed by atoms with E-state index in [1.54, 1.807) is 17.0 Å². The van der Waals surface area contributed by atoms with Crippen molar-refractivity contribution in [2.45, 2.75) is 13.0 Å². The molecular formula is C16H14BrFN2O. The van der Waals surface area contributed by atoms with E-state index >= 15 is 0 Å². The first kappa shape index (κ1) is 14.1. The van der Waals surface area contributed by atoms with Gasteiger partial charge in [-0.15, -0.1) is 0 Å². The van der Waals surface area contributed by atoms with Gasteiger partial charge in [-0.05, 0) is 51.7 Å². The van der Waals surface area contributed by atoms with Crippen molar-refractivity contribution in [3.8, 4) is 0 Å². The molecule has 2 aromatic rings. The molecule has 21 heavy (non-hydrogen) atoms. The fraction of sp³-hybridized carbons (Fsp3) is 0.188. The van der Waals surface area contributed by atoms with Crippen molar-refractivity contribution in [2.24, 2.45) is 0 Å². The van der Waals surface area contributed by atoms with Gasteiger partial charge in [-0.2, -0.15) is 0 Å². The topological polar surface area (TPSA) is 46.3 Å². The number of anilines is 1. The Hall–Kier alpha value is -1.88. The quantitative estimate of drug-likeness (QED) is 0.803. The second-order valence-electron chi connectivity index (χ2n) is 5.06. The number of hydrogen-bond donors (Lipinski definition) is 1. The van der Waals surface area contributed by atoms with Crippen LogP contribution in [0.4, 0.5) is 10.1 Å². The predicted octanol–water partition coefficient (Wildman–Crippen LogP) is 3.37. The molecule has 0 aliphatic carbocycles. The molecular weight excluding hydrogens is 335 g/mol. The Bertz CT molecular complexity index is 697. The Morgan fingerprint density at radius 3 is 2.76 bits per heavy atom. The van der Waals surface area contributed by atoms with E-state index in [4.69, 9.17) is 5.73 Å². The summed E-state index contributed by atoms with van der Waals surface area (Å²) in [6, 6.07) is 10.3. The van der Waals surface area contributed by atoms with E-state index in [2.05, 4.69) is 15.9 Å². The summed E-state index contributed by atoms with van der Waals surface area (Å²) in [5, 5.41) is 0. The zero-order valence-corrected chi connectivity index (χ0v) is 12.9. The molecule has 0 saturated carbocycles. The smallest absolute Gasteiger partial charge is 0.258 e. The Morgan fingerprint density at radius 2 is 2.00 bits per heavy atom. The Labute approximate surface area is 130 Å². The molecule has 2 aromatic carbocycles. The number of fused-ring (bicyclic) bond motifs is 1. The number of nitrogen functional groups attached to an aromatic ring is 1. The monoisotopic (exact) mass is 348 g/mol. The van der Waals surface area contributed by atoms with E-state index in [1.165, 1.54) is 6.07 Å². The number of nitrogens with zero attached hydrogens (tertiary/aromatic N) is 1. The maximum Gasteiger partial charge on any atom is 0.258 e. The van der Waals surface area contributed by atoms with Crippen LogP contribution in [-0.2, 0) is 13.0 Å². The summed E-state index contributed by atoms with van der Waals surface area (Å²) in [6.45, 7) is 0.984. The highest BCUT2D eigenvalue weighted by atomic mass is 79.9. The molecule has 1 heterocycles. The van der Waals surface area contributed by atoms with Crippen LogP contribution in [0.15, 0.2) is 40.9 Å². The van der Waals surface area contributed by atoms with Crippen LogP contribution in [0.25, 0.3) is 0 Å². The first-order chi connectivity index (χ1) is 10.1. The third-order valence-electron chi connectivity index (χ3n) is 3.77. The highest BCUT2D eigenvalue weighted by Gasteiger charge is 2.26. The highest BCUT2D eigenvalue weighted by Crippen LogP contribution is 2.27. The van der Waals surface area contributed by atoms with Gasteiger partial charge < -0.3 is 10.6 Å². The first-order valence-electron chi connectivity index (χ1n) is 6.67. The predicted molar refractivity (Wildman–Crippen MR) is 83.4 cm³/mol. The molecule has 0 spiro atoms. The second kappa shape index (κ2) is 5.48. The lowest BCUT2D eigenvalue weighted by Gasteiger charge is -2.30. The molecule has 3 nitrogen and oxygen atoms in total. The van der Waals surface area contributed by atoms with Gasteiger partial charge in [-0.25, -0.2) is 4.39 Å². The minimum absolute atomic E-state index is 0.0791. The van der Waals surface area contributed by atoms with Crippen LogP contribution < -0.4 is 5.73 Å². The molecule has 0 unspecified atom stereocenters. The molecule has 0 fully saturated rings. The number of carbonyl (C=O) groups excluding carboxylic acids is 1. The number of carbonyl (C=O) groups is 1. The van der Waals surface area contributed by atoms with E-state index in [1.807, 2.05) is 18.2 Å². The summed E-state index contributed by atoms with van der Waals surface area (Å²) in [7, 11) is 0. The summed E-state index contributed by atoms with van der Waals surface area (Å²) in [4.78, 5) is 14.2. The average Bonchev–Trinajstić information content (AvgIpc) is 2.47. The normalized spacial score (nSPS) is 13.9.